The van der Waals surface area contributed by atoms with Crippen LogP contribution < -0.4 is 11.1 Å². The second-order valence-electron chi connectivity index (χ2n) is 8.55. The minimum Gasteiger partial charge on any atom is -0.327 e. The first-order valence-electron chi connectivity index (χ1n) is 9.73. The lowest BCUT2D eigenvalue weighted by Crippen LogP contribution is -2.53. The van der Waals surface area contributed by atoms with E-state index in [0.717, 1.165) is 31.9 Å². The molecule has 140 valence electrons. The molecule has 1 atom stereocenters. The van der Waals surface area contributed by atoms with E-state index in [2.05, 4.69) is 29.2 Å². The molecule has 1 aromatic heterocycles. The molecule has 1 aromatic rings. The van der Waals surface area contributed by atoms with E-state index in [1.54, 1.807) is 6.20 Å². The Morgan fingerprint density at radius 1 is 1.32 bits per heavy atom. The van der Waals surface area contributed by atoms with Gasteiger partial charge in [0.1, 0.15) is 5.82 Å². The van der Waals surface area contributed by atoms with Crippen LogP contribution in [-0.2, 0) is 11.3 Å². The number of hydrogen-bond donors (Lipinski definition) is 2. The van der Waals surface area contributed by atoms with Gasteiger partial charge in [-0.1, -0.05) is 33.1 Å². The molecular formula is C19H33N5O. The predicted molar refractivity (Wildman–Crippen MR) is 100 cm³/mol. The molecule has 6 heteroatoms. The maximum Gasteiger partial charge on any atom is 0.239 e. The molecular weight excluding hydrogens is 314 g/mol. The van der Waals surface area contributed by atoms with Gasteiger partial charge in [0, 0.05) is 31.7 Å². The average Bonchev–Trinajstić information content (AvgIpc) is 2.98. The summed E-state index contributed by atoms with van der Waals surface area (Å²) in [5, 5.41) is 7.47. The fourth-order valence-corrected chi connectivity index (χ4v) is 4.20. The van der Waals surface area contributed by atoms with Gasteiger partial charge < -0.3 is 11.1 Å². The van der Waals surface area contributed by atoms with Crippen LogP contribution in [0, 0.1) is 11.3 Å². The van der Waals surface area contributed by atoms with Crippen LogP contribution in [-0.4, -0.2) is 46.3 Å². The van der Waals surface area contributed by atoms with Crippen LogP contribution in [0.15, 0.2) is 12.3 Å². The number of nitrogens with one attached hydrogen (secondary N) is 1. The third-order valence-corrected chi connectivity index (χ3v) is 5.90. The number of rotatable bonds is 5. The van der Waals surface area contributed by atoms with E-state index in [1.165, 1.54) is 32.1 Å². The maximum atomic E-state index is 12.5. The minimum absolute atomic E-state index is 0.0386. The second-order valence-corrected chi connectivity index (χ2v) is 8.55. The Morgan fingerprint density at radius 2 is 2.08 bits per heavy atom. The summed E-state index contributed by atoms with van der Waals surface area (Å²) in [6.07, 6.45) is 9.27. The molecule has 25 heavy (non-hydrogen) atoms. The zero-order valence-corrected chi connectivity index (χ0v) is 15.7. The maximum absolute atomic E-state index is 12.5. The molecule has 2 fully saturated rings. The molecule has 1 saturated carbocycles. The van der Waals surface area contributed by atoms with Crippen LogP contribution in [0.2, 0.25) is 0 Å². The summed E-state index contributed by atoms with van der Waals surface area (Å²) in [4.78, 5) is 14.7. The van der Waals surface area contributed by atoms with Crippen molar-refractivity contribution in [1.29, 1.82) is 0 Å². The summed E-state index contributed by atoms with van der Waals surface area (Å²) < 4.78 is 1.96. The summed E-state index contributed by atoms with van der Waals surface area (Å²) in [5.74, 6) is 1.55. The fourth-order valence-electron chi connectivity index (χ4n) is 4.20. The minimum atomic E-state index is 0.0386. The summed E-state index contributed by atoms with van der Waals surface area (Å²) >= 11 is 0. The van der Waals surface area contributed by atoms with E-state index in [1.807, 2.05) is 10.7 Å². The fraction of sp³-hybridized carbons (Fsp3) is 0.789. The SMILES string of the molecule is CC1(C)CN(CC(=O)Nc2ccnn2CC2CCCCC2)CCC1N. The van der Waals surface area contributed by atoms with Gasteiger partial charge in [-0.25, -0.2) is 4.68 Å². The van der Waals surface area contributed by atoms with Crippen molar-refractivity contribution in [1.82, 2.24) is 14.7 Å². The van der Waals surface area contributed by atoms with Crippen molar-refractivity contribution in [3.05, 3.63) is 12.3 Å². The molecule has 2 aliphatic rings. The molecule has 1 saturated heterocycles. The molecule has 3 rings (SSSR count). The third kappa shape index (κ3) is 4.82. The number of aromatic nitrogens is 2. The van der Waals surface area contributed by atoms with Crippen LogP contribution in [0.25, 0.3) is 0 Å². The van der Waals surface area contributed by atoms with Crippen molar-refractivity contribution in [2.45, 2.75) is 65.0 Å². The highest BCUT2D eigenvalue weighted by atomic mass is 16.2. The first-order chi connectivity index (χ1) is 11.9. The Labute approximate surface area is 151 Å². The number of likely N-dealkylation sites (tertiary alicyclic amines) is 1. The lowest BCUT2D eigenvalue weighted by Gasteiger charge is -2.42. The number of hydrogen-bond acceptors (Lipinski definition) is 4. The van der Waals surface area contributed by atoms with E-state index in [4.69, 9.17) is 5.73 Å². The molecule has 2 heterocycles. The van der Waals surface area contributed by atoms with Gasteiger partial charge in [0.15, 0.2) is 0 Å². The molecule has 1 amide bonds. The van der Waals surface area contributed by atoms with Crippen LogP contribution in [0.3, 0.4) is 0 Å². The van der Waals surface area contributed by atoms with Gasteiger partial charge in [-0.2, -0.15) is 5.10 Å². The molecule has 0 bridgehead atoms. The third-order valence-electron chi connectivity index (χ3n) is 5.90. The van der Waals surface area contributed by atoms with Gasteiger partial charge in [-0.05, 0) is 30.6 Å². The second kappa shape index (κ2) is 7.87. The Bertz CT molecular complexity index is 576. The van der Waals surface area contributed by atoms with E-state index >= 15 is 0 Å². The average molecular weight is 348 g/mol. The highest BCUT2D eigenvalue weighted by Gasteiger charge is 2.34. The number of nitrogens with zero attached hydrogens (tertiary/aromatic N) is 3. The zero-order chi connectivity index (χ0) is 17.9. The van der Waals surface area contributed by atoms with Crippen molar-refractivity contribution >= 4 is 11.7 Å². The Morgan fingerprint density at radius 3 is 2.80 bits per heavy atom. The van der Waals surface area contributed by atoms with Crippen molar-refractivity contribution in [3.8, 4) is 0 Å². The van der Waals surface area contributed by atoms with E-state index in [9.17, 15) is 4.79 Å². The van der Waals surface area contributed by atoms with E-state index in [-0.39, 0.29) is 17.4 Å². The Balaban J connectivity index is 1.52. The van der Waals surface area contributed by atoms with Gasteiger partial charge in [0.25, 0.3) is 0 Å². The first-order valence-corrected chi connectivity index (χ1v) is 9.73. The molecule has 1 aliphatic carbocycles. The zero-order valence-electron chi connectivity index (χ0n) is 15.7. The number of nitrogens with two attached hydrogens (primary N) is 1. The van der Waals surface area contributed by atoms with Gasteiger partial charge in [0.05, 0.1) is 12.7 Å². The van der Waals surface area contributed by atoms with Gasteiger partial charge >= 0.3 is 0 Å². The highest BCUT2D eigenvalue weighted by Crippen LogP contribution is 2.28. The summed E-state index contributed by atoms with van der Waals surface area (Å²) in [7, 11) is 0. The van der Waals surface area contributed by atoms with Crippen molar-refractivity contribution in [2.75, 3.05) is 25.0 Å². The van der Waals surface area contributed by atoms with E-state index < -0.39 is 0 Å². The topological polar surface area (TPSA) is 76.2 Å². The first kappa shape index (κ1) is 18.4. The molecule has 0 spiro atoms. The standard InChI is InChI=1S/C19H33N5O/c1-19(2)14-23(11-9-16(19)20)13-18(25)22-17-8-10-21-24(17)12-15-6-4-3-5-7-15/h8,10,15-16H,3-7,9,11-14,20H2,1-2H3,(H,22,25). The van der Waals surface area contributed by atoms with Crippen molar-refractivity contribution < 1.29 is 4.79 Å². The number of carbonyl (C=O) groups excluding carboxylic acids is 1. The molecule has 3 N–H and O–H groups in total. The van der Waals surface area contributed by atoms with Crippen LogP contribution in [0.1, 0.15) is 52.4 Å². The number of piperidine rings is 1. The van der Waals surface area contributed by atoms with Gasteiger partial charge in [-0.3, -0.25) is 9.69 Å². The Kier molecular flexibility index (Phi) is 5.79. The number of carbonyl (C=O) groups is 1. The molecule has 1 aliphatic heterocycles. The molecule has 0 aromatic carbocycles. The van der Waals surface area contributed by atoms with Crippen LogP contribution in [0.4, 0.5) is 5.82 Å². The number of amides is 1. The number of anilines is 1. The lowest BCUT2D eigenvalue weighted by atomic mass is 9.80. The smallest absolute Gasteiger partial charge is 0.239 e. The van der Waals surface area contributed by atoms with Crippen molar-refractivity contribution in [2.24, 2.45) is 17.1 Å². The molecule has 6 nitrogen and oxygen atoms in total. The van der Waals surface area contributed by atoms with Crippen LogP contribution in [0.5, 0.6) is 0 Å². The normalized spacial score (nSPS) is 25.0. The monoisotopic (exact) mass is 347 g/mol. The molecule has 0 radical (unpaired) electrons. The van der Waals surface area contributed by atoms with Gasteiger partial charge in [0.2, 0.25) is 5.91 Å². The quantitative estimate of drug-likeness (QED) is 0.858. The largest absolute Gasteiger partial charge is 0.327 e. The molecule has 1 unspecified atom stereocenters. The predicted octanol–water partition coefficient (Wildman–Crippen LogP) is 2.46. The van der Waals surface area contributed by atoms with E-state index in [0.29, 0.717) is 12.5 Å². The Hall–Kier alpha value is -1.40. The van der Waals surface area contributed by atoms with Gasteiger partial charge in [-0.15, -0.1) is 0 Å². The summed E-state index contributed by atoms with van der Waals surface area (Å²) in [5.41, 5.74) is 6.24. The summed E-state index contributed by atoms with van der Waals surface area (Å²) in [6, 6.07) is 2.11. The lowest BCUT2D eigenvalue weighted by molar-refractivity contribution is -0.118. The summed E-state index contributed by atoms with van der Waals surface area (Å²) in [6.45, 7) is 7.45. The highest BCUT2D eigenvalue weighted by molar-refractivity contribution is 5.91. The van der Waals surface area contributed by atoms with Crippen molar-refractivity contribution in [3.63, 3.8) is 0 Å². The van der Waals surface area contributed by atoms with Crippen LogP contribution >= 0.6 is 0 Å².